The molecule has 0 rings (SSSR count). The summed E-state index contributed by atoms with van der Waals surface area (Å²) < 4.78 is 0. The number of nitrogens with zero attached hydrogens (tertiary/aromatic N) is 3. The molecular formula is C27H59N3. The van der Waals surface area contributed by atoms with Crippen molar-refractivity contribution in [3.8, 4) is 0 Å². The van der Waals surface area contributed by atoms with Crippen LogP contribution in [0.5, 0.6) is 0 Å². The lowest BCUT2D eigenvalue weighted by molar-refractivity contribution is 0.194. The smallest absolute Gasteiger partial charge is 0.0109 e. The molecule has 0 atom stereocenters. The van der Waals surface area contributed by atoms with Crippen LogP contribution in [0.3, 0.4) is 0 Å². The molecule has 0 saturated heterocycles. The zero-order chi connectivity index (χ0) is 22.3. The molecule has 0 saturated carbocycles. The van der Waals surface area contributed by atoms with Crippen molar-refractivity contribution in [2.75, 3.05) is 58.9 Å². The number of hydrogen-bond acceptors (Lipinski definition) is 3. The van der Waals surface area contributed by atoms with E-state index in [0.29, 0.717) is 0 Å². The van der Waals surface area contributed by atoms with E-state index < -0.39 is 0 Å². The fourth-order valence-electron chi connectivity index (χ4n) is 4.05. The van der Waals surface area contributed by atoms with Gasteiger partial charge in [0, 0.05) is 13.1 Å². The first-order chi connectivity index (χ1) is 14.7. The third-order valence-corrected chi connectivity index (χ3v) is 6.32. The maximum atomic E-state index is 2.76. The Bertz CT molecular complexity index is 305. The van der Waals surface area contributed by atoms with E-state index in [9.17, 15) is 0 Å². The van der Waals surface area contributed by atoms with E-state index in [1.165, 1.54) is 142 Å². The van der Waals surface area contributed by atoms with Gasteiger partial charge in [0.1, 0.15) is 0 Å². The van der Waals surface area contributed by atoms with Crippen LogP contribution in [0.1, 0.15) is 118 Å². The lowest BCUT2D eigenvalue weighted by Gasteiger charge is -2.28. The molecule has 0 aliphatic carbocycles. The highest BCUT2D eigenvalue weighted by atomic mass is 15.2. The van der Waals surface area contributed by atoms with Crippen molar-refractivity contribution in [2.24, 2.45) is 0 Å². The summed E-state index contributed by atoms with van der Waals surface area (Å²) in [5, 5.41) is 0. The van der Waals surface area contributed by atoms with Gasteiger partial charge in [0.15, 0.2) is 0 Å². The lowest BCUT2D eigenvalue weighted by Crippen LogP contribution is -2.37. The molecule has 30 heavy (non-hydrogen) atoms. The molecule has 0 bridgehead atoms. The van der Waals surface area contributed by atoms with Crippen LogP contribution >= 0.6 is 0 Å². The fourth-order valence-corrected chi connectivity index (χ4v) is 4.05. The first-order valence-electron chi connectivity index (χ1n) is 13.9. The summed E-state index contributed by atoms with van der Waals surface area (Å²) in [6.07, 6.45) is 17.5. The van der Waals surface area contributed by atoms with Crippen molar-refractivity contribution in [3.05, 3.63) is 0 Å². The normalized spacial score (nSPS) is 12.0. The average molecular weight is 426 g/mol. The molecule has 0 aromatic rings. The highest BCUT2D eigenvalue weighted by Gasteiger charge is 2.09. The highest BCUT2D eigenvalue weighted by Crippen LogP contribution is 2.07. The minimum Gasteiger partial charge on any atom is -0.303 e. The van der Waals surface area contributed by atoms with Gasteiger partial charge < -0.3 is 14.7 Å². The van der Waals surface area contributed by atoms with Crippen LogP contribution in [0.4, 0.5) is 0 Å². The Hall–Kier alpha value is -0.120. The average Bonchev–Trinajstić information content (AvgIpc) is 2.77. The molecule has 0 aliphatic heterocycles. The van der Waals surface area contributed by atoms with E-state index in [4.69, 9.17) is 0 Å². The number of hydrogen-bond donors (Lipinski definition) is 0. The largest absolute Gasteiger partial charge is 0.303 e. The monoisotopic (exact) mass is 425 g/mol. The van der Waals surface area contributed by atoms with Gasteiger partial charge in [-0.05, 0) is 90.8 Å². The molecule has 0 aromatic heterocycles. The van der Waals surface area contributed by atoms with Gasteiger partial charge in [-0.3, -0.25) is 0 Å². The summed E-state index contributed by atoms with van der Waals surface area (Å²) in [6.45, 7) is 23.3. The molecule has 0 aromatic carbocycles. The van der Waals surface area contributed by atoms with E-state index in [-0.39, 0.29) is 0 Å². The second-order valence-corrected chi connectivity index (χ2v) is 9.35. The molecule has 3 nitrogen and oxygen atoms in total. The summed E-state index contributed by atoms with van der Waals surface area (Å²) in [5.41, 5.74) is 0. The zero-order valence-electron chi connectivity index (χ0n) is 21.9. The molecular weight excluding hydrogens is 366 g/mol. The number of rotatable bonds is 24. The zero-order valence-corrected chi connectivity index (χ0v) is 21.9. The summed E-state index contributed by atoms with van der Waals surface area (Å²) in [7, 11) is 0. The van der Waals surface area contributed by atoms with E-state index in [2.05, 4.69) is 49.3 Å². The third-order valence-electron chi connectivity index (χ3n) is 6.32. The maximum Gasteiger partial charge on any atom is 0.0109 e. The van der Waals surface area contributed by atoms with Crippen molar-refractivity contribution in [1.82, 2.24) is 14.7 Å². The second-order valence-electron chi connectivity index (χ2n) is 9.35. The van der Waals surface area contributed by atoms with Crippen LogP contribution in [-0.4, -0.2) is 73.6 Å². The predicted molar refractivity (Wildman–Crippen MR) is 138 cm³/mol. The van der Waals surface area contributed by atoms with Crippen LogP contribution in [0.25, 0.3) is 0 Å². The summed E-state index contributed by atoms with van der Waals surface area (Å²) >= 11 is 0. The first-order valence-corrected chi connectivity index (χ1v) is 13.9. The van der Waals surface area contributed by atoms with Gasteiger partial charge in [-0.2, -0.15) is 0 Å². The molecule has 0 amide bonds. The van der Waals surface area contributed by atoms with Gasteiger partial charge >= 0.3 is 0 Å². The molecule has 0 fully saturated rings. The summed E-state index contributed by atoms with van der Waals surface area (Å²) in [6, 6.07) is 0. The van der Waals surface area contributed by atoms with Gasteiger partial charge in [-0.25, -0.2) is 0 Å². The van der Waals surface area contributed by atoms with E-state index in [0.717, 1.165) is 0 Å². The SMILES string of the molecule is CCCCN(CCCC)CCCCCN(CCCC)CCN(CCCC)CCCC. The Kier molecular flexibility index (Phi) is 23.4. The highest BCUT2D eigenvalue weighted by molar-refractivity contribution is 4.65. The minimum absolute atomic E-state index is 1.27. The molecule has 0 N–H and O–H groups in total. The van der Waals surface area contributed by atoms with Crippen LogP contribution in [0.2, 0.25) is 0 Å². The van der Waals surface area contributed by atoms with E-state index in [1.54, 1.807) is 0 Å². The van der Waals surface area contributed by atoms with Gasteiger partial charge in [-0.15, -0.1) is 0 Å². The van der Waals surface area contributed by atoms with Gasteiger partial charge in [0.05, 0.1) is 0 Å². The Morgan fingerprint density at radius 2 is 0.500 bits per heavy atom. The van der Waals surface area contributed by atoms with Crippen molar-refractivity contribution in [2.45, 2.75) is 118 Å². The topological polar surface area (TPSA) is 9.72 Å². The lowest BCUT2D eigenvalue weighted by atomic mass is 10.2. The standard InChI is InChI=1S/C27H59N3/c1-6-11-19-28(20-12-7-2)24-17-16-18-25-30(23-15-10-5)27-26-29(21-13-8-3)22-14-9-4/h6-27H2,1-5H3. The molecule has 182 valence electrons. The minimum atomic E-state index is 1.27. The van der Waals surface area contributed by atoms with Crippen LogP contribution in [0.15, 0.2) is 0 Å². The molecule has 0 spiro atoms. The van der Waals surface area contributed by atoms with Crippen molar-refractivity contribution >= 4 is 0 Å². The summed E-state index contributed by atoms with van der Waals surface area (Å²) in [4.78, 5) is 8.22. The van der Waals surface area contributed by atoms with Crippen molar-refractivity contribution < 1.29 is 0 Å². The summed E-state index contributed by atoms with van der Waals surface area (Å²) in [5.74, 6) is 0. The van der Waals surface area contributed by atoms with Crippen molar-refractivity contribution in [3.63, 3.8) is 0 Å². The Morgan fingerprint density at radius 1 is 0.267 bits per heavy atom. The fraction of sp³-hybridized carbons (Fsp3) is 1.00. The van der Waals surface area contributed by atoms with Gasteiger partial charge in [0.2, 0.25) is 0 Å². The maximum absolute atomic E-state index is 2.76. The Labute approximate surface area is 192 Å². The van der Waals surface area contributed by atoms with E-state index in [1.807, 2.05) is 0 Å². The van der Waals surface area contributed by atoms with Crippen LogP contribution in [-0.2, 0) is 0 Å². The molecule has 0 aliphatic rings. The number of unbranched alkanes of at least 4 members (excludes halogenated alkanes) is 7. The molecule has 0 radical (unpaired) electrons. The third kappa shape index (κ3) is 18.6. The molecule has 3 heteroatoms. The van der Waals surface area contributed by atoms with Crippen molar-refractivity contribution in [1.29, 1.82) is 0 Å². The molecule has 0 heterocycles. The van der Waals surface area contributed by atoms with Crippen LogP contribution < -0.4 is 0 Å². The van der Waals surface area contributed by atoms with Crippen LogP contribution in [0, 0.1) is 0 Å². The van der Waals surface area contributed by atoms with Gasteiger partial charge in [0.25, 0.3) is 0 Å². The quantitative estimate of drug-likeness (QED) is 0.153. The molecule has 0 unspecified atom stereocenters. The predicted octanol–water partition coefficient (Wildman–Crippen LogP) is 7.06. The Morgan fingerprint density at radius 3 is 0.767 bits per heavy atom. The van der Waals surface area contributed by atoms with Gasteiger partial charge in [-0.1, -0.05) is 73.1 Å². The second kappa shape index (κ2) is 23.5. The first kappa shape index (κ1) is 29.9. The Balaban J connectivity index is 4.24. The van der Waals surface area contributed by atoms with E-state index >= 15 is 0 Å².